The average Bonchev–Trinajstić information content (AvgIpc) is 2.53. The number of benzene rings is 1. The molecule has 0 atom stereocenters. The molecule has 0 radical (unpaired) electrons. The van der Waals surface area contributed by atoms with Gasteiger partial charge in [0.2, 0.25) is 0 Å². The van der Waals surface area contributed by atoms with Crippen LogP contribution in [0.1, 0.15) is 51.5 Å². The van der Waals surface area contributed by atoms with Crippen LogP contribution in [0.3, 0.4) is 0 Å². The molecule has 1 aromatic carbocycles. The van der Waals surface area contributed by atoms with E-state index in [1.807, 2.05) is 13.8 Å². The zero-order chi connectivity index (χ0) is 17.5. The highest BCUT2D eigenvalue weighted by atomic mass is 16.6. The maximum absolute atomic E-state index is 12.1. The lowest BCUT2D eigenvalue weighted by Gasteiger charge is -2.32. The zero-order valence-corrected chi connectivity index (χ0v) is 13.8. The van der Waals surface area contributed by atoms with E-state index in [4.69, 9.17) is 14.6 Å². The summed E-state index contributed by atoms with van der Waals surface area (Å²) in [6, 6.07) is 4.87. The van der Waals surface area contributed by atoms with Crippen molar-refractivity contribution in [3.05, 3.63) is 23.8 Å². The lowest BCUT2D eigenvalue weighted by Crippen LogP contribution is -2.31. The van der Waals surface area contributed by atoms with Crippen molar-refractivity contribution in [2.75, 3.05) is 7.11 Å². The standard InChI is InChI=1S/C17H24O6/c1-4-17(5-2,23-16(21)8-6-7-15(19)20)12-9-10-13(18)14(11-12)22-3/h9-11,18H,4-8H2,1-3H3,(H,19,20). The van der Waals surface area contributed by atoms with Gasteiger partial charge in [0.25, 0.3) is 0 Å². The average molecular weight is 324 g/mol. The number of ether oxygens (including phenoxy) is 2. The van der Waals surface area contributed by atoms with Crippen LogP contribution in [0.25, 0.3) is 0 Å². The summed E-state index contributed by atoms with van der Waals surface area (Å²) in [4.78, 5) is 22.6. The smallest absolute Gasteiger partial charge is 0.306 e. The number of carbonyl (C=O) groups excluding carboxylic acids is 1. The van der Waals surface area contributed by atoms with Crippen LogP contribution < -0.4 is 4.74 Å². The highest BCUT2D eigenvalue weighted by Crippen LogP contribution is 2.38. The summed E-state index contributed by atoms with van der Waals surface area (Å²) < 4.78 is 10.8. The monoisotopic (exact) mass is 324 g/mol. The van der Waals surface area contributed by atoms with Crippen LogP contribution in [0.15, 0.2) is 18.2 Å². The van der Waals surface area contributed by atoms with Crippen molar-refractivity contribution < 1.29 is 29.3 Å². The van der Waals surface area contributed by atoms with Gasteiger partial charge < -0.3 is 19.7 Å². The second-order valence-electron chi connectivity index (χ2n) is 5.31. The maximum atomic E-state index is 12.1. The van der Waals surface area contributed by atoms with Gasteiger partial charge in [0.15, 0.2) is 11.5 Å². The predicted octanol–water partition coefficient (Wildman–Crippen LogP) is 3.21. The van der Waals surface area contributed by atoms with Crippen LogP contribution in [-0.4, -0.2) is 29.3 Å². The Labute approximate surface area is 136 Å². The molecule has 0 fully saturated rings. The third-order valence-corrected chi connectivity index (χ3v) is 3.93. The molecule has 0 aliphatic rings. The Morgan fingerprint density at radius 1 is 1.17 bits per heavy atom. The van der Waals surface area contributed by atoms with E-state index < -0.39 is 17.5 Å². The number of esters is 1. The first-order valence-electron chi connectivity index (χ1n) is 7.69. The molecular weight excluding hydrogens is 300 g/mol. The van der Waals surface area contributed by atoms with E-state index >= 15 is 0 Å². The second kappa shape index (κ2) is 8.41. The number of phenolic OH excluding ortho intramolecular Hbond substituents is 1. The van der Waals surface area contributed by atoms with Crippen molar-refractivity contribution in [3.8, 4) is 11.5 Å². The summed E-state index contributed by atoms with van der Waals surface area (Å²) in [5.74, 6) is -1.03. The van der Waals surface area contributed by atoms with E-state index in [9.17, 15) is 14.7 Å². The van der Waals surface area contributed by atoms with Gasteiger partial charge in [-0.15, -0.1) is 0 Å². The molecule has 0 saturated heterocycles. The molecule has 0 aliphatic heterocycles. The Balaban J connectivity index is 2.94. The molecular formula is C17H24O6. The maximum Gasteiger partial charge on any atom is 0.306 e. The number of phenols is 1. The second-order valence-corrected chi connectivity index (χ2v) is 5.31. The molecule has 2 N–H and O–H groups in total. The van der Waals surface area contributed by atoms with Crippen LogP contribution in [0.5, 0.6) is 11.5 Å². The summed E-state index contributed by atoms with van der Waals surface area (Å²) in [6.45, 7) is 3.82. The number of rotatable bonds is 9. The minimum Gasteiger partial charge on any atom is -0.504 e. The van der Waals surface area contributed by atoms with Crippen LogP contribution in [0.4, 0.5) is 0 Å². The summed E-state index contributed by atoms with van der Waals surface area (Å²) in [7, 11) is 1.45. The fraction of sp³-hybridized carbons (Fsp3) is 0.529. The Hall–Kier alpha value is -2.24. The van der Waals surface area contributed by atoms with E-state index in [0.29, 0.717) is 18.6 Å². The molecule has 1 rings (SSSR count). The molecule has 0 unspecified atom stereocenters. The lowest BCUT2D eigenvalue weighted by atomic mass is 9.88. The predicted molar refractivity (Wildman–Crippen MR) is 84.5 cm³/mol. The van der Waals surface area contributed by atoms with E-state index in [-0.39, 0.29) is 25.0 Å². The third-order valence-electron chi connectivity index (χ3n) is 3.93. The van der Waals surface area contributed by atoms with Crippen LogP contribution in [0.2, 0.25) is 0 Å². The number of carboxylic acids is 1. The fourth-order valence-electron chi connectivity index (χ4n) is 2.48. The number of aromatic hydroxyl groups is 1. The number of hydrogen-bond acceptors (Lipinski definition) is 5. The van der Waals surface area contributed by atoms with Gasteiger partial charge in [-0.25, -0.2) is 0 Å². The molecule has 1 aromatic rings. The minimum absolute atomic E-state index is 0.0186. The molecule has 6 heteroatoms. The van der Waals surface area contributed by atoms with Gasteiger partial charge in [-0.2, -0.15) is 0 Å². The van der Waals surface area contributed by atoms with Gasteiger partial charge in [0.1, 0.15) is 5.60 Å². The Morgan fingerprint density at radius 3 is 2.35 bits per heavy atom. The van der Waals surface area contributed by atoms with Crippen LogP contribution in [0, 0.1) is 0 Å². The first-order chi connectivity index (χ1) is 10.9. The Morgan fingerprint density at radius 2 is 1.83 bits per heavy atom. The van der Waals surface area contributed by atoms with Gasteiger partial charge >= 0.3 is 11.9 Å². The molecule has 0 spiro atoms. The van der Waals surface area contributed by atoms with E-state index in [2.05, 4.69) is 0 Å². The minimum atomic E-state index is -0.932. The topological polar surface area (TPSA) is 93.1 Å². The SMILES string of the molecule is CCC(CC)(OC(=O)CCCC(=O)O)c1ccc(O)c(OC)c1. The molecule has 0 aromatic heterocycles. The van der Waals surface area contributed by atoms with Crippen molar-refractivity contribution in [2.24, 2.45) is 0 Å². The van der Waals surface area contributed by atoms with Gasteiger partial charge in [-0.1, -0.05) is 19.9 Å². The molecule has 23 heavy (non-hydrogen) atoms. The summed E-state index contributed by atoms with van der Waals surface area (Å²) >= 11 is 0. The lowest BCUT2D eigenvalue weighted by molar-refractivity contribution is -0.162. The largest absolute Gasteiger partial charge is 0.504 e. The highest BCUT2D eigenvalue weighted by molar-refractivity contribution is 5.72. The quantitative estimate of drug-likeness (QED) is 0.678. The normalized spacial score (nSPS) is 11.1. The number of carboxylic acid groups (broad SMARTS) is 1. The van der Waals surface area contributed by atoms with Crippen molar-refractivity contribution in [1.82, 2.24) is 0 Å². The van der Waals surface area contributed by atoms with Crippen molar-refractivity contribution in [1.29, 1.82) is 0 Å². The molecule has 0 saturated carbocycles. The van der Waals surface area contributed by atoms with E-state index in [1.54, 1.807) is 12.1 Å². The van der Waals surface area contributed by atoms with Crippen molar-refractivity contribution >= 4 is 11.9 Å². The molecule has 128 valence electrons. The molecule has 0 aliphatic carbocycles. The summed E-state index contributed by atoms with van der Waals surface area (Å²) in [5, 5.41) is 18.3. The summed E-state index contributed by atoms with van der Waals surface area (Å²) in [6.07, 6.45) is 1.36. The summed E-state index contributed by atoms with van der Waals surface area (Å²) in [5.41, 5.74) is -0.0786. The number of hydrogen-bond donors (Lipinski definition) is 2. The first-order valence-corrected chi connectivity index (χ1v) is 7.69. The van der Waals surface area contributed by atoms with Gasteiger partial charge in [-0.05, 0) is 37.0 Å². The first kappa shape index (κ1) is 18.8. The fourth-order valence-corrected chi connectivity index (χ4v) is 2.48. The molecule has 0 bridgehead atoms. The third kappa shape index (κ3) is 4.87. The van der Waals surface area contributed by atoms with Gasteiger partial charge in [0, 0.05) is 12.8 Å². The van der Waals surface area contributed by atoms with E-state index in [1.165, 1.54) is 13.2 Å². The van der Waals surface area contributed by atoms with Crippen molar-refractivity contribution in [3.63, 3.8) is 0 Å². The Kier molecular flexibility index (Phi) is 6.88. The molecule has 6 nitrogen and oxygen atoms in total. The van der Waals surface area contributed by atoms with Gasteiger partial charge in [-0.3, -0.25) is 9.59 Å². The van der Waals surface area contributed by atoms with Gasteiger partial charge in [0.05, 0.1) is 7.11 Å². The van der Waals surface area contributed by atoms with E-state index in [0.717, 1.165) is 5.56 Å². The van der Waals surface area contributed by atoms with Crippen LogP contribution in [-0.2, 0) is 19.9 Å². The van der Waals surface area contributed by atoms with Crippen molar-refractivity contribution in [2.45, 2.75) is 51.6 Å². The molecule has 0 amide bonds. The molecule has 0 heterocycles. The Bertz CT molecular complexity index is 548. The highest BCUT2D eigenvalue weighted by Gasteiger charge is 2.33. The number of carbonyl (C=O) groups is 2. The van der Waals surface area contributed by atoms with Crippen LogP contribution >= 0.6 is 0 Å². The zero-order valence-electron chi connectivity index (χ0n) is 13.8. The number of methoxy groups -OCH3 is 1. The number of aliphatic carboxylic acids is 1.